The molecule has 0 saturated carbocycles. The van der Waals surface area contributed by atoms with Crippen LogP contribution in [0.25, 0.3) is 10.2 Å². The van der Waals surface area contributed by atoms with Gasteiger partial charge in [-0.05, 0) is 61.0 Å². The van der Waals surface area contributed by atoms with Crippen molar-refractivity contribution in [2.24, 2.45) is 0 Å². The molecule has 0 atom stereocenters. The maximum atomic E-state index is 13.0. The zero-order valence-corrected chi connectivity index (χ0v) is 25.8. The molecule has 44 heavy (non-hydrogen) atoms. The topological polar surface area (TPSA) is 120 Å². The van der Waals surface area contributed by atoms with E-state index in [9.17, 15) is 9.59 Å². The van der Waals surface area contributed by atoms with Gasteiger partial charge in [0.2, 0.25) is 0 Å². The third-order valence-electron chi connectivity index (χ3n) is 7.22. The minimum absolute atomic E-state index is 0.225. The van der Waals surface area contributed by atoms with E-state index < -0.39 is 5.97 Å². The van der Waals surface area contributed by atoms with Crippen molar-refractivity contribution in [3.63, 3.8) is 0 Å². The number of hydrogen-bond acceptors (Lipinski definition) is 11. The van der Waals surface area contributed by atoms with Gasteiger partial charge in [-0.2, -0.15) is 0 Å². The number of thiazole rings is 1. The smallest absolute Gasteiger partial charge is 0.338 e. The number of carbonyl (C=O) groups is 2. The Morgan fingerprint density at radius 3 is 2.32 bits per heavy atom. The minimum atomic E-state index is -0.427. The van der Waals surface area contributed by atoms with E-state index in [1.54, 1.807) is 25.3 Å². The minimum Gasteiger partial charge on any atom is -0.494 e. The van der Waals surface area contributed by atoms with Crippen molar-refractivity contribution < 1.29 is 33.3 Å². The van der Waals surface area contributed by atoms with Crippen LogP contribution in [0.1, 0.15) is 26.3 Å². The molecule has 1 aliphatic heterocycles. The molecule has 5 rings (SSSR count). The molecule has 1 fully saturated rings. The lowest BCUT2D eigenvalue weighted by atomic mass is 10.1. The Hall–Kier alpha value is -4.39. The molecule has 0 spiro atoms. The largest absolute Gasteiger partial charge is 0.494 e. The lowest BCUT2D eigenvalue weighted by molar-refractivity contribution is 0.0508. The Kier molecular flexibility index (Phi) is 10.5. The molecule has 232 valence electrons. The number of benzene rings is 3. The highest BCUT2D eigenvalue weighted by molar-refractivity contribution is 7.23. The van der Waals surface area contributed by atoms with Gasteiger partial charge in [0.25, 0.3) is 5.91 Å². The summed E-state index contributed by atoms with van der Waals surface area (Å²) in [7, 11) is 4.68. The van der Waals surface area contributed by atoms with E-state index in [2.05, 4.69) is 20.5 Å². The summed E-state index contributed by atoms with van der Waals surface area (Å²) in [6.07, 6.45) is 0.757. The van der Waals surface area contributed by atoms with Gasteiger partial charge in [0, 0.05) is 25.2 Å². The number of rotatable bonds is 13. The summed E-state index contributed by atoms with van der Waals surface area (Å²) in [6.45, 7) is 4.40. The zero-order chi connectivity index (χ0) is 30.9. The van der Waals surface area contributed by atoms with Crippen LogP contribution in [0.5, 0.6) is 17.2 Å². The van der Waals surface area contributed by atoms with Gasteiger partial charge < -0.3 is 33.9 Å². The van der Waals surface area contributed by atoms with E-state index >= 15 is 0 Å². The average Bonchev–Trinajstić information content (AvgIpc) is 3.49. The summed E-state index contributed by atoms with van der Waals surface area (Å²) in [6, 6.07) is 16.3. The summed E-state index contributed by atoms with van der Waals surface area (Å²) >= 11 is 1.44. The fraction of sp³-hybridized carbons (Fsp3) is 0.344. The number of nitrogens with zero attached hydrogens (tertiary/aromatic N) is 2. The standard InChI is InChI=1S/C32H36N4O7S/c1-39-25-10-8-23(20-27(25)41-3)31(38)43-17-14-33-13-12-21-4-6-22(7-5-21)30(37)35-32-34-28-26(40-2)11-9-24(29(28)44-32)36-15-18-42-19-16-36/h4-11,20,33H,12-19H2,1-3H3,(H,34,35,37). The first-order chi connectivity index (χ1) is 21.5. The monoisotopic (exact) mass is 620 g/mol. The SMILES string of the molecule is COc1ccc(C(=O)OCCNCCc2ccc(C(=O)Nc3nc4c(OC)ccc(N5CCOCC5)c4s3)cc2)cc1OC. The van der Waals surface area contributed by atoms with Crippen molar-refractivity contribution in [1.82, 2.24) is 10.3 Å². The van der Waals surface area contributed by atoms with Gasteiger partial charge in [-0.3, -0.25) is 10.1 Å². The quantitative estimate of drug-likeness (QED) is 0.164. The lowest BCUT2D eigenvalue weighted by Gasteiger charge is -2.29. The molecule has 1 amide bonds. The number of fused-ring (bicyclic) bond motifs is 1. The second-order valence-electron chi connectivity index (χ2n) is 9.94. The molecule has 2 heterocycles. The predicted octanol–water partition coefficient (Wildman–Crippen LogP) is 4.40. The number of anilines is 2. The Balaban J connectivity index is 1.09. The molecule has 12 heteroatoms. The molecular weight excluding hydrogens is 584 g/mol. The van der Waals surface area contributed by atoms with Crippen LogP contribution >= 0.6 is 11.3 Å². The van der Waals surface area contributed by atoms with Gasteiger partial charge in [0.1, 0.15) is 17.9 Å². The molecule has 1 aromatic heterocycles. The Morgan fingerprint density at radius 1 is 0.886 bits per heavy atom. The van der Waals surface area contributed by atoms with Crippen molar-refractivity contribution in [3.05, 3.63) is 71.3 Å². The van der Waals surface area contributed by atoms with E-state index in [1.165, 1.54) is 25.6 Å². The van der Waals surface area contributed by atoms with Crippen LogP contribution in [0.3, 0.4) is 0 Å². The summed E-state index contributed by atoms with van der Waals surface area (Å²) < 4.78 is 27.8. The first-order valence-electron chi connectivity index (χ1n) is 14.3. The Morgan fingerprint density at radius 2 is 1.59 bits per heavy atom. The highest BCUT2D eigenvalue weighted by Crippen LogP contribution is 2.39. The molecule has 0 bridgehead atoms. The molecule has 3 aromatic carbocycles. The summed E-state index contributed by atoms with van der Waals surface area (Å²) in [5.41, 5.74) is 3.82. The highest BCUT2D eigenvalue weighted by Gasteiger charge is 2.20. The van der Waals surface area contributed by atoms with E-state index in [4.69, 9.17) is 23.7 Å². The Labute approximate surface area is 260 Å². The van der Waals surface area contributed by atoms with Gasteiger partial charge >= 0.3 is 5.97 Å². The van der Waals surface area contributed by atoms with E-state index in [0.717, 1.165) is 41.0 Å². The van der Waals surface area contributed by atoms with Gasteiger partial charge in [-0.1, -0.05) is 23.5 Å². The number of morpholine rings is 1. The summed E-state index contributed by atoms with van der Waals surface area (Å²) in [5, 5.41) is 6.74. The molecular formula is C32H36N4O7S. The number of hydrogen-bond donors (Lipinski definition) is 2. The normalized spacial score (nSPS) is 13.0. The van der Waals surface area contributed by atoms with E-state index in [-0.39, 0.29) is 12.5 Å². The van der Waals surface area contributed by atoms with Crippen LogP contribution in [-0.2, 0) is 15.9 Å². The zero-order valence-electron chi connectivity index (χ0n) is 25.0. The van der Waals surface area contributed by atoms with E-state index in [0.29, 0.717) is 59.8 Å². The molecule has 1 aliphatic rings. The molecule has 2 N–H and O–H groups in total. The van der Waals surface area contributed by atoms with Crippen molar-refractivity contribution in [3.8, 4) is 17.2 Å². The fourth-order valence-electron chi connectivity index (χ4n) is 4.85. The summed E-state index contributed by atoms with van der Waals surface area (Å²) in [5.74, 6) is 1.04. The second-order valence-corrected chi connectivity index (χ2v) is 10.9. The molecule has 0 aliphatic carbocycles. The number of amides is 1. The molecule has 4 aromatic rings. The number of aromatic nitrogens is 1. The highest BCUT2D eigenvalue weighted by atomic mass is 32.1. The first kappa shape index (κ1) is 31.0. The molecule has 0 unspecified atom stereocenters. The van der Waals surface area contributed by atoms with Crippen molar-refractivity contribution in [1.29, 1.82) is 0 Å². The van der Waals surface area contributed by atoms with Crippen molar-refractivity contribution in [2.45, 2.75) is 6.42 Å². The maximum absolute atomic E-state index is 13.0. The van der Waals surface area contributed by atoms with Gasteiger partial charge in [-0.15, -0.1) is 0 Å². The summed E-state index contributed by atoms with van der Waals surface area (Å²) in [4.78, 5) is 32.3. The van der Waals surface area contributed by atoms with Gasteiger partial charge in [-0.25, -0.2) is 9.78 Å². The van der Waals surface area contributed by atoms with E-state index in [1.807, 2.05) is 36.4 Å². The number of methoxy groups -OCH3 is 3. The van der Waals surface area contributed by atoms with Crippen LogP contribution in [0.2, 0.25) is 0 Å². The van der Waals surface area contributed by atoms with Gasteiger partial charge in [0.05, 0.1) is 50.5 Å². The number of nitrogens with one attached hydrogen (secondary N) is 2. The lowest BCUT2D eigenvalue weighted by Crippen LogP contribution is -2.36. The average molecular weight is 621 g/mol. The van der Waals surface area contributed by atoms with Crippen LogP contribution in [0.4, 0.5) is 10.8 Å². The second kappa shape index (κ2) is 14.9. The van der Waals surface area contributed by atoms with Crippen molar-refractivity contribution in [2.75, 3.05) is 77.5 Å². The molecule has 0 radical (unpaired) electrons. The number of esters is 1. The fourth-order valence-corrected chi connectivity index (χ4v) is 5.87. The predicted molar refractivity (Wildman–Crippen MR) is 170 cm³/mol. The maximum Gasteiger partial charge on any atom is 0.338 e. The number of ether oxygens (including phenoxy) is 5. The number of carbonyl (C=O) groups excluding carboxylic acids is 2. The van der Waals surface area contributed by atoms with Crippen LogP contribution < -0.4 is 29.7 Å². The van der Waals surface area contributed by atoms with Crippen LogP contribution in [0, 0.1) is 0 Å². The van der Waals surface area contributed by atoms with Crippen LogP contribution in [-0.4, -0.2) is 84.2 Å². The third kappa shape index (κ3) is 7.39. The molecule has 1 saturated heterocycles. The first-order valence-corrected chi connectivity index (χ1v) is 15.1. The molecule has 11 nitrogen and oxygen atoms in total. The third-order valence-corrected chi connectivity index (χ3v) is 8.21. The Bertz CT molecular complexity index is 1590. The van der Waals surface area contributed by atoms with Crippen LogP contribution in [0.15, 0.2) is 54.6 Å². The van der Waals surface area contributed by atoms with Gasteiger partial charge in [0.15, 0.2) is 16.6 Å². The van der Waals surface area contributed by atoms with Crippen molar-refractivity contribution >= 4 is 44.2 Å².